The van der Waals surface area contributed by atoms with E-state index in [4.69, 9.17) is 0 Å². The summed E-state index contributed by atoms with van der Waals surface area (Å²) in [6.45, 7) is 4.35. The Kier molecular flexibility index (Phi) is 26.5. The van der Waals surface area contributed by atoms with Gasteiger partial charge in [0.25, 0.3) is 10.1 Å². The summed E-state index contributed by atoms with van der Waals surface area (Å²) < 4.78 is 32.2. The van der Waals surface area contributed by atoms with Gasteiger partial charge in [0.15, 0.2) is 0 Å². The van der Waals surface area contributed by atoms with Gasteiger partial charge < -0.3 is 15.5 Å². The minimum atomic E-state index is -4.45. The Morgan fingerprint density at radius 2 is 1.19 bits per heavy atom. The molecule has 0 aliphatic carbocycles. The highest BCUT2D eigenvalue weighted by Gasteiger charge is 2.27. The summed E-state index contributed by atoms with van der Waals surface area (Å²) in [5.74, 6) is -1.59. The van der Waals surface area contributed by atoms with Crippen LogP contribution >= 0.6 is 0 Å². The molecule has 4 N–H and O–H groups in total. The van der Waals surface area contributed by atoms with Gasteiger partial charge in [-0.3, -0.25) is 9.35 Å². The van der Waals surface area contributed by atoms with Gasteiger partial charge >= 0.3 is 0 Å². The van der Waals surface area contributed by atoms with Crippen molar-refractivity contribution in [1.29, 1.82) is 0 Å². The summed E-state index contributed by atoms with van der Waals surface area (Å²) in [5.41, 5.74) is 0. The van der Waals surface area contributed by atoms with Crippen LogP contribution in [0.5, 0.6) is 0 Å². The monoisotopic (exact) mass is 609 g/mol. The molecule has 0 aromatic carbocycles. The smallest absolute Gasteiger partial charge is 0.267 e. The predicted molar refractivity (Wildman–Crippen MR) is 176 cm³/mol. The molecule has 1 amide bonds. The third-order valence-electron chi connectivity index (χ3n) is 6.76. The van der Waals surface area contributed by atoms with Gasteiger partial charge in [0.1, 0.15) is 6.10 Å². The highest BCUT2D eigenvalue weighted by atomic mass is 32.2. The van der Waals surface area contributed by atoms with Gasteiger partial charge in [0.2, 0.25) is 5.91 Å². The fraction of sp³-hybridized carbons (Fsp3) is 0.676. The Morgan fingerprint density at radius 3 is 1.76 bits per heavy atom. The van der Waals surface area contributed by atoms with Crippen LogP contribution in [-0.4, -0.2) is 53.1 Å². The highest BCUT2D eigenvalue weighted by Crippen LogP contribution is 2.11. The molecule has 8 heteroatoms. The lowest BCUT2D eigenvalue weighted by Gasteiger charge is -2.22. The molecule has 7 nitrogen and oxygen atoms in total. The van der Waals surface area contributed by atoms with Crippen molar-refractivity contribution in [3.63, 3.8) is 0 Å². The molecule has 0 fully saturated rings. The van der Waals surface area contributed by atoms with Gasteiger partial charge in [-0.2, -0.15) is 8.42 Å². The first kappa shape index (κ1) is 40.0. The molecule has 0 aromatic heterocycles. The van der Waals surface area contributed by atoms with Crippen LogP contribution in [0.2, 0.25) is 0 Å². The Labute approximate surface area is 256 Å². The van der Waals surface area contributed by atoms with E-state index in [0.717, 1.165) is 70.6 Å². The zero-order valence-corrected chi connectivity index (χ0v) is 27.0. The molecule has 0 saturated carbocycles. The summed E-state index contributed by atoms with van der Waals surface area (Å²) >= 11 is 0. The Hall–Kier alpha value is -2.00. The second-order valence-electron chi connectivity index (χ2n) is 10.9. The first-order valence-corrected chi connectivity index (χ1v) is 17.7. The predicted octanol–water partition coefficient (Wildman–Crippen LogP) is 7.53. The van der Waals surface area contributed by atoms with Crippen LogP contribution in [0.15, 0.2) is 60.8 Å². The van der Waals surface area contributed by atoms with E-state index < -0.39 is 40.0 Å². The Morgan fingerprint density at radius 1 is 0.667 bits per heavy atom. The SMILES string of the molecule is CCC/C=C/CC/C=C/CC/C=C/C(O)C(CS(=O)(=O)O)NC(=O)C(O)CCCCCCC/C=C\C=C/CCCCC. The first-order valence-electron chi connectivity index (χ1n) is 16.1. The molecule has 242 valence electrons. The van der Waals surface area contributed by atoms with Gasteiger partial charge in [-0.05, 0) is 64.2 Å². The van der Waals surface area contributed by atoms with E-state index in [0.29, 0.717) is 12.8 Å². The van der Waals surface area contributed by atoms with Gasteiger partial charge in [-0.25, -0.2) is 0 Å². The zero-order chi connectivity index (χ0) is 31.3. The minimum absolute atomic E-state index is 0.250. The number of allylic oxidation sites excluding steroid dienone is 9. The lowest BCUT2D eigenvalue weighted by molar-refractivity contribution is -0.130. The fourth-order valence-electron chi connectivity index (χ4n) is 4.25. The number of rotatable bonds is 27. The summed E-state index contributed by atoms with van der Waals surface area (Å²) in [4.78, 5) is 12.5. The lowest BCUT2D eigenvalue weighted by atomic mass is 10.1. The van der Waals surface area contributed by atoms with E-state index in [-0.39, 0.29) is 6.42 Å². The number of amides is 1. The average molecular weight is 610 g/mol. The summed E-state index contributed by atoms with van der Waals surface area (Å²) in [6, 6.07) is -1.26. The van der Waals surface area contributed by atoms with Crippen molar-refractivity contribution >= 4 is 16.0 Å². The molecule has 42 heavy (non-hydrogen) atoms. The van der Waals surface area contributed by atoms with Crippen molar-refractivity contribution in [1.82, 2.24) is 5.32 Å². The van der Waals surface area contributed by atoms with E-state index in [1.54, 1.807) is 6.08 Å². The van der Waals surface area contributed by atoms with E-state index in [2.05, 4.69) is 67.8 Å². The maximum atomic E-state index is 12.5. The number of nitrogens with one attached hydrogen (secondary N) is 1. The average Bonchev–Trinajstić information content (AvgIpc) is 2.94. The van der Waals surface area contributed by atoms with E-state index >= 15 is 0 Å². The van der Waals surface area contributed by atoms with E-state index in [9.17, 15) is 28.0 Å². The quantitative estimate of drug-likeness (QED) is 0.0330. The van der Waals surface area contributed by atoms with Crippen molar-refractivity contribution in [2.75, 3.05) is 5.75 Å². The van der Waals surface area contributed by atoms with Crippen LogP contribution < -0.4 is 5.32 Å². The summed E-state index contributed by atoms with van der Waals surface area (Å²) in [5, 5.41) is 23.1. The maximum Gasteiger partial charge on any atom is 0.267 e. The standard InChI is InChI=1S/C34H59NO6S/c1-3-5-7-9-11-13-15-16-17-19-21-23-25-27-29-33(37)34(38)35-31(30-42(39,40)41)32(36)28-26-24-22-20-18-14-12-10-8-6-4-2/h8,10-11,13,15-16,18,20,26,28,31-33,36-37H,3-7,9,12,14,17,19,21-25,27,29-30H2,1-2H3,(H,35,38)(H,39,40,41)/b10-8+,13-11-,16-15-,20-18+,28-26+. The van der Waals surface area contributed by atoms with Crippen LogP contribution in [0.25, 0.3) is 0 Å². The Balaban J connectivity index is 4.31. The molecule has 3 atom stereocenters. The summed E-state index contributed by atoms with van der Waals surface area (Å²) in [7, 11) is -4.45. The topological polar surface area (TPSA) is 124 Å². The van der Waals surface area contributed by atoms with Crippen LogP contribution in [0.3, 0.4) is 0 Å². The normalized spacial score (nSPS) is 15.1. The largest absolute Gasteiger partial charge is 0.387 e. The van der Waals surface area contributed by atoms with Gasteiger partial charge in [0.05, 0.1) is 17.9 Å². The lowest BCUT2D eigenvalue weighted by Crippen LogP contribution is -2.50. The second kappa shape index (κ2) is 27.8. The van der Waals surface area contributed by atoms with Gasteiger partial charge in [-0.1, -0.05) is 120 Å². The van der Waals surface area contributed by atoms with Crippen LogP contribution in [-0.2, 0) is 14.9 Å². The van der Waals surface area contributed by atoms with E-state index in [1.165, 1.54) is 25.3 Å². The number of aliphatic hydroxyl groups is 2. The van der Waals surface area contributed by atoms with Crippen molar-refractivity contribution in [2.45, 2.75) is 141 Å². The molecule has 0 aliphatic rings. The van der Waals surface area contributed by atoms with Crippen LogP contribution in [0, 0.1) is 0 Å². The number of carbonyl (C=O) groups is 1. The van der Waals surface area contributed by atoms with Crippen molar-refractivity contribution in [3.8, 4) is 0 Å². The number of aliphatic hydroxyl groups excluding tert-OH is 2. The molecular formula is C34H59NO6S. The van der Waals surface area contributed by atoms with Gasteiger partial charge in [0, 0.05) is 0 Å². The molecule has 0 rings (SSSR count). The number of hydrogen-bond donors (Lipinski definition) is 4. The minimum Gasteiger partial charge on any atom is -0.387 e. The molecule has 0 aliphatic heterocycles. The molecule has 0 heterocycles. The molecule has 3 unspecified atom stereocenters. The van der Waals surface area contributed by atoms with Crippen molar-refractivity contribution in [3.05, 3.63) is 60.8 Å². The number of unbranched alkanes of at least 4 members (excludes halogenated alkanes) is 11. The van der Waals surface area contributed by atoms with E-state index in [1.807, 2.05) is 0 Å². The zero-order valence-electron chi connectivity index (χ0n) is 26.2. The molecular weight excluding hydrogens is 550 g/mol. The second-order valence-corrected chi connectivity index (χ2v) is 12.4. The number of hydrogen-bond acceptors (Lipinski definition) is 5. The fourth-order valence-corrected chi connectivity index (χ4v) is 4.98. The van der Waals surface area contributed by atoms with Gasteiger partial charge in [-0.15, -0.1) is 0 Å². The highest BCUT2D eigenvalue weighted by molar-refractivity contribution is 7.85. The first-order chi connectivity index (χ1) is 20.2. The Bertz CT molecular complexity index is 907. The van der Waals surface area contributed by atoms with Crippen molar-refractivity contribution in [2.24, 2.45) is 0 Å². The van der Waals surface area contributed by atoms with Crippen LogP contribution in [0.1, 0.15) is 123 Å². The van der Waals surface area contributed by atoms with Crippen molar-refractivity contribution < 1.29 is 28.0 Å². The maximum absolute atomic E-state index is 12.5. The molecule has 0 spiro atoms. The summed E-state index contributed by atoms with van der Waals surface area (Å²) in [6.07, 6.45) is 34.2. The third kappa shape index (κ3) is 26.9. The van der Waals surface area contributed by atoms with Crippen LogP contribution in [0.4, 0.5) is 0 Å². The molecule has 0 bridgehead atoms. The number of carbonyl (C=O) groups excluding carboxylic acids is 1. The molecule has 0 aromatic rings. The third-order valence-corrected chi connectivity index (χ3v) is 7.54. The molecule has 0 saturated heterocycles. The molecule has 0 radical (unpaired) electrons.